The zero-order valence-electron chi connectivity index (χ0n) is 16.4. The number of anilines is 1. The molecule has 0 fully saturated rings. The summed E-state index contributed by atoms with van der Waals surface area (Å²) >= 11 is 0. The highest BCUT2D eigenvalue weighted by atomic mass is 16.5. The van der Waals surface area contributed by atoms with E-state index in [1.165, 1.54) is 5.56 Å². The topological polar surface area (TPSA) is 39.7 Å². The Morgan fingerprint density at radius 3 is 2.27 bits per heavy atom. The minimum atomic E-state index is 0.0715. The fourth-order valence-electron chi connectivity index (χ4n) is 2.60. The fraction of sp³-hybridized carbons (Fsp3) is 0.455. The van der Waals surface area contributed by atoms with Crippen molar-refractivity contribution in [2.45, 2.75) is 33.1 Å². The highest BCUT2D eigenvalue weighted by Crippen LogP contribution is 2.30. The van der Waals surface area contributed by atoms with Crippen molar-refractivity contribution in [1.29, 1.82) is 0 Å². The normalized spacial score (nSPS) is 11.2. The van der Waals surface area contributed by atoms with Crippen molar-refractivity contribution < 1.29 is 14.2 Å². The van der Waals surface area contributed by atoms with Crippen LogP contribution >= 0.6 is 0 Å². The van der Waals surface area contributed by atoms with E-state index < -0.39 is 0 Å². The third-order valence-electron chi connectivity index (χ3n) is 3.94. The van der Waals surface area contributed by atoms with Gasteiger partial charge >= 0.3 is 0 Å². The third kappa shape index (κ3) is 6.60. The van der Waals surface area contributed by atoms with E-state index in [1.807, 2.05) is 43.3 Å². The maximum atomic E-state index is 5.98. The molecule has 0 saturated heterocycles. The molecule has 142 valence electrons. The summed E-state index contributed by atoms with van der Waals surface area (Å²) < 4.78 is 16.9. The quantitative estimate of drug-likeness (QED) is 0.615. The standard InChI is InChI=1S/C22H31NO3/c1-5-24-16-17-25-19-12-10-18(11-13-19)23-14-15-26-21-9-7-6-8-20(21)22(2,3)4/h6-13,23H,5,14-17H2,1-4H3. The van der Waals surface area contributed by atoms with Crippen molar-refractivity contribution >= 4 is 5.69 Å². The minimum Gasteiger partial charge on any atom is -0.491 e. The van der Waals surface area contributed by atoms with E-state index >= 15 is 0 Å². The van der Waals surface area contributed by atoms with Gasteiger partial charge in [-0.05, 0) is 48.2 Å². The van der Waals surface area contributed by atoms with Crippen LogP contribution in [-0.4, -0.2) is 33.0 Å². The van der Waals surface area contributed by atoms with Crippen molar-refractivity contribution in [3.8, 4) is 11.5 Å². The van der Waals surface area contributed by atoms with Gasteiger partial charge in [-0.15, -0.1) is 0 Å². The zero-order chi connectivity index (χ0) is 18.8. The first-order valence-corrected chi connectivity index (χ1v) is 9.27. The van der Waals surface area contributed by atoms with Crippen LogP contribution in [0.3, 0.4) is 0 Å². The van der Waals surface area contributed by atoms with Crippen molar-refractivity contribution in [2.24, 2.45) is 0 Å². The van der Waals surface area contributed by atoms with Crippen LogP contribution in [0.4, 0.5) is 5.69 Å². The lowest BCUT2D eigenvalue weighted by Crippen LogP contribution is -2.16. The largest absolute Gasteiger partial charge is 0.491 e. The van der Waals surface area contributed by atoms with Crippen molar-refractivity contribution in [3.63, 3.8) is 0 Å². The molecule has 0 aliphatic carbocycles. The second-order valence-corrected chi connectivity index (χ2v) is 7.09. The molecule has 0 aromatic heterocycles. The van der Waals surface area contributed by atoms with Gasteiger partial charge in [0.25, 0.3) is 0 Å². The molecule has 2 rings (SSSR count). The summed E-state index contributed by atoms with van der Waals surface area (Å²) in [6.07, 6.45) is 0. The molecule has 0 aliphatic rings. The van der Waals surface area contributed by atoms with E-state index in [-0.39, 0.29) is 5.41 Å². The molecule has 0 aliphatic heterocycles. The molecule has 0 bridgehead atoms. The summed E-state index contributed by atoms with van der Waals surface area (Å²) in [5.41, 5.74) is 2.35. The van der Waals surface area contributed by atoms with Crippen LogP contribution in [0.15, 0.2) is 48.5 Å². The van der Waals surface area contributed by atoms with E-state index in [4.69, 9.17) is 14.2 Å². The fourth-order valence-corrected chi connectivity index (χ4v) is 2.60. The molecule has 0 amide bonds. The first-order chi connectivity index (χ1) is 12.5. The zero-order valence-corrected chi connectivity index (χ0v) is 16.4. The number of hydrogen-bond acceptors (Lipinski definition) is 4. The van der Waals surface area contributed by atoms with Gasteiger partial charge in [0, 0.05) is 18.8 Å². The molecule has 4 heteroatoms. The SMILES string of the molecule is CCOCCOc1ccc(NCCOc2ccccc2C(C)(C)C)cc1. The lowest BCUT2D eigenvalue weighted by atomic mass is 9.86. The molecule has 4 nitrogen and oxygen atoms in total. The van der Waals surface area contributed by atoms with Crippen molar-refractivity contribution in [2.75, 3.05) is 38.3 Å². The van der Waals surface area contributed by atoms with Gasteiger partial charge in [0.1, 0.15) is 24.7 Å². The molecule has 0 atom stereocenters. The lowest BCUT2D eigenvalue weighted by Gasteiger charge is -2.22. The summed E-state index contributed by atoms with van der Waals surface area (Å²) in [7, 11) is 0. The Balaban J connectivity index is 1.75. The number of hydrogen-bond donors (Lipinski definition) is 1. The van der Waals surface area contributed by atoms with Crippen LogP contribution in [0.5, 0.6) is 11.5 Å². The van der Waals surface area contributed by atoms with E-state index in [0.717, 1.165) is 23.7 Å². The van der Waals surface area contributed by atoms with Gasteiger partial charge in [-0.1, -0.05) is 39.0 Å². The Bertz CT molecular complexity index is 647. The highest BCUT2D eigenvalue weighted by molar-refractivity contribution is 5.46. The number of nitrogens with one attached hydrogen (secondary N) is 1. The summed E-state index contributed by atoms with van der Waals surface area (Å²) in [6.45, 7) is 11.8. The number of rotatable bonds is 10. The molecule has 0 radical (unpaired) electrons. The molecular formula is C22H31NO3. The number of benzene rings is 2. The lowest BCUT2D eigenvalue weighted by molar-refractivity contribution is 0.110. The predicted octanol–water partition coefficient (Wildman–Crippen LogP) is 4.89. The maximum absolute atomic E-state index is 5.98. The Kier molecular flexibility index (Phi) is 7.79. The second kappa shape index (κ2) is 10.1. The molecular weight excluding hydrogens is 326 g/mol. The predicted molar refractivity (Wildman–Crippen MR) is 108 cm³/mol. The van der Waals surface area contributed by atoms with Gasteiger partial charge in [-0.25, -0.2) is 0 Å². The maximum Gasteiger partial charge on any atom is 0.123 e. The Morgan fingerprint density at radius 1 is 0.846 bits per heavy atom. The van der Waals surface area contributed by atoms with E-state index in [0.29, 0.717) is 26.4 Å². The van der Waals surface area contributed by atoms with Crippen LogP contribution in [0.1, 0.15) is 33.3 Å². The van der Waals surface area contributed by atoms with Crippen molar-refractivity contribution in [3.05, 3.63) is 54.1 Å². The van der Waals surface area contributed by atoms with Gasteiger partial charge in [0.2, 0.25) is 0 Å². The summed E-state index contributed by atoms with van der Waals surface area (Å²) in [6, 6.07) is 16.2. The van der Waals surface area contributed by atoms with Crippen LogP contribution in [-0.2, 0) is 10.2 Å². The molecule has 0 unspecified atom stereocenters. The molecule has 0 heterocycles. The Hall–Kier alpha value is -2.20. The summed E-state index contributed by atoms with van der Waals surface area (Å²) in [5, 5.41) is 3.37. The van der Waals surface area contributed by atoms with Gasteiger partial charge < -0.3 is 19.5 Å². The first kappa shape index (κ1) is 20.1. The highest BCUT2D eigenvalue weighted by Gasteiger charge is 2.18. The second-order valence-electron chi connectivity index (χ2n) is 7.09. The molecule has 0 saturated carbocycles. The first-order valence-electron chi connectivity index (χ1n) is 9.27. The minimum absolute atomic E-state index is 0.0715. The van der Waals surface area contributed by atoms with Crippen LogP contribution in [0, 0.1) is 0 Å². The summed E-state index contributed by atoms with van der Waals surface area (Å²) in [4.78, 5) is 0. The molecule has 0 spiro atoms. The number of ether oxygens (including phenoxy) is 3. The van der Waals surface area contributed by atoms with Crippen LogP contribution in [0.2, 0.25) is 0 Å². The van der Waals surface area contributed by atoms with Crippen LogP contribution < -0.4 is 14.8 Å². The number of para-hydroxylation sites is 1. The Labute approximate surface area is 157 Å². The van der Waals surface area contributed by atoms with Crippen LogP contribution in [0.25, 0.3) is 0 Å². The van der Waals surface area contributed by atoms with Gasteiger partial charge in [0.05, 0.1) is 6.61 Å². The third-order valence-corrected chi connectivity index (χ3v) is 3.94. The molecule has 2 aromatic carbocycles. The smallest absolute Gasteiger partial charge is 0.123 e. The molecule has 1 N–H and O–H groups in total. The van der Waals surface area contributed by atoms with Gasteiger partial charge in [0.15, 0.2) is 0 Å². The molecule has 2 aromatic rings. The summed E-state index contributed by atoms with van der Waals surface area (Å²) in [5.74, 6) is 1.81. The molecule has 26 heavy (non-hydrogen) atoms. The van der Waals surface area contributed by atoms with Gasteiger partial charge in [-0.2, -0.15) is 0 Å². The van der Waals surface area contributed by atoms with Crippen molar-refractivity contribution in [1.82, 2.24) is 0 Å². The van der Waals surface area contributed by atoms with E-state index in [9.17, 15) is 0 Å². The monoisotopic (exact) mass is 357 g/mol. The Morgan fingerprint density at radius 2 is 1.58 bits per heavy atom. The van der Waals surface area contributed by atoms with E-state index in [2.05, 4.69) is 38.2 Å². The van der Waals surface area contributed by atoms with Gasteiger partial charge in [-0.3, -0.25) is 0 Å². The van der Waals surface area contributed by atoms with E-state index in [1.54, 1.807) is 0 Å². The average Bonchev–Trinajstić information content (AvgIpc) is 2.63. The average molecular weight is 357 g/mol.